The molecule has 1 N–H and O–H groups in total. The Labute approximate surface area is 109 Å². The monoisotopic (exact) mass is 276 g/mol. The molecule has 0 saturated heterocycles. The highest BCUT2D eigenvalue weighted by Crippen LogP contribution is 2.30. The molecule has 0 aromatic carbocycles. The third kappa shape index (κ3) is 2.98. The number of aromatic nitrogens is 1. The molecule has 1 aliphatic rings. The van der Waals surface area contributed by atoms with Gasteiger partial charge in [0.2, 0.25) is 11.6 Å². The maximum atomic E-state index is 13.5. The van der Waals surface area contributed by atoms with Crippen molar-refractivity contribution in [2.45, 2.75) is 45.1 Å². The van der Waals surface area contributed by atoms with Crippen LogP contribution in [0.3, 0.4) is 0 Å². The molecule has 106 valence electrons. The zero-order valence-corrected chi connectivity index (χ0v) is 10.6. The molecule has 0 amide bonds. The summed E-state index contributed by atoms with van der Waals surface area (Å²) < 4.78 is 52.9. The van der Waals surface area contributed by atoms with E-state index in [1.807, 2.05) is 0 Å². The fourth-order valence-electron chi connectivity index (χ4n) is 2.61. The molecule has 0 radical (unpaired) electrons. The second-order valence-electron chi connectivity index (χ2n) is 4.98. The molecule has 1 fully saturated rings. The number of hydrogen-bond acceptors (Lipinski definition) is 2. The fourth-order valence-corrected chi connectivity index (χ4v) is 2.61. The lowest BCUT2D eigenvalue weighted by Gasteiger charge is -2.30. The summed E-state index contributed by atoms with van der Waals surface area (Å²) >= 11 is 0. The Bertz CT molecular complexity index is 438. The van der Waals surface area contributed by atoms with E-state index >= 15 is 0 Å². The molecule has 1 aromatic rings. The molecular weight excluding hydrogens is 260 g/mol. The van der Waals surface area contributed by atoms with Crippen molar-refractivity contribution in [3.05, 3.63) is 23.5 Å². The topological polar surface area (TPSA) is 24.9 Å². The van der Waals surface area contributed by atoms with Crippen molar-refractivity contribution in [3.63, 3.8) is 0 Å². The maximum Gasteiger partial charge on any atom is 0.253 e. The summed E-state index contributed by atoms with van der Waals surface area (Å²) in [7, 11) is 0. The minimum absolute atomic E-state index is 0.163. The van der Waals surface area contributed by atoms with E-state index < -0.39 is 29.2 Å². The molecule has 1 heterocycles. The van der Waals surface area contributed by atoms with Crippen LogP contribution in [0, 0.1) is 29.4 Å². The number of nitrogens with zero attached hydrogens (tertiary/aromatic N) is 1. The van der Waals surface area contributed by atoms with Gasteiger partial charge in [-0.2, -0.15) is 22.5 Å². The normalized spacial score (nSPS) is 23.4. The van der Waals surface area contributed by atoms with Gasteiger partial charge in [-0.05, 0) is 18.8 Å². The quantitative estimate of drug-likeness (QED) is 0.666. The number of nitrogens with one attached hydrogen (secondary N) is 1. The summed E-state index contributed by atoms with van der Waals surface area (Å²) in [6, 6.07) is -0.163. The SMILES string of the molecule is CCC1CCCC(Nc2c(F)c(F)nc(F)c2F)C1. The number of hydrogen-bond donors (Lipinski definition) is 1. The largest absolute Gasteiger partial charge is 0.377 e. The Kier molecular flexibility index (Phi) is 4.27. The van der Waals surface area contributed by atoms with Crippen LogP contribution in [0.2, 0.25) is 0 Å². The Morgan fingerprint density at radius 1 is 1.11 bits per heavy atom. The van der Waals surface area contributed by atoms with Gasteiger partial charge in [0.05, 0.1) is 0 Å². The third-order valence-electron chi connectivity index (χ3n) is 3.71. The van der Waals surface area contributed by atoms with Crippen LogP contribution < -0.4 is 5.32 Å². The first-order valence-electron chi connectivity index (χ1n) is 6.49. The first-order valence-corrected chi connectivity index (χ1v) is 6.49. The Morgan fingerprint density at radius 2 is 1.74 bits per heavy atom. The molecular formula is C13H16F4N2. The lowest BCUT2D eigenvalue weighted by Crippen LogP contribution is -2.28. The zero-order valence-electron chi connectivity index (χ0n) is 10.6. The number of anilines is 1. The third-order valence-corrected chi connectivity index (χ3v) is 3.71. The summed E-state index contributed by atoms with van der Waals surface area (Å²) in [4.78, 5) is 2.53. The summed E-state index contributed by atoms with van der Waals surface area (Å²) in [5.74, 6) is -5.68. The lowest BCUT2D eigenvalue weighted by atomic mass is 9.84. The van der Waals surface area contributed by atoms with Gasteiger partial charge in [0.15, 0.2) is 0 Å². The van der Waals surface area contributed by atoms with Crippen LogP contribution in [-0.4, -0.2) is 11.0 Å². The maximum absolute atomic E-state index is 13.5. The highest BCUT2D eigenvalue weighted by Gasteiger charge is 2.26. The average Bonchev–Trinajstić information content (AvgIpc) is 2.41. The van der Waals surface area contributed by atoms with Gasteiger partial charge in [-0.15, -0.1) is 0 Å². The molecule has 2 nitrogen and oxygen atoms in total. The average molecular weight is 276 g/mol. The molecule has 2 rings (SSSR count). The van der Waals surface area contributed by atoms with Crippen molar-refractivity contribution in [3.8, 4) is 0 Å². The fraction of sp³-hybridized carbons (Fsp3) is 0.615. The lowest BCUT2D eigenvalue weighted by molar-refractivity contribution is 0.324. The Hall–Kier alpha value is -1.33. The summed E-state index contributed by atoms with van der Waals surface area (Å²) in [6.07, 6.45) is 4.50. The van der Waals surface area contributed by atoms with Crippen molar-refractivity contribution in [1.82, 2.24) is 4.98 Å². The molecule has 1 aliphatic carbocycles. The highest BCUT2D eigenvalue weighted by atomic mass is 19.2. The van der Waals surface area contributed by atoms with Gasteiger partial charge in [-0.1, -0.05) is 26.2 Å². The molecule has 0 bridgehead atoms. The van der Waals surface area contributed by atoms with Crippen LogP contribution >= 0.6 is 0 Å². The van der Waals surface area contributed by atoms with Crippen molar-refractivity contribution >= 4 is 5.69 Å². The van der Waals surface area contributed by atoms with Gasteiger partial charge < -0.3 is 5.32 Å². The smallest absolute Gasteiger partial charge is 0.253 e. The van der Waals surface area contributed by atoms with Gasteiger partial charge in [0.25, 0.3) is 11.9 Å². The predicted octanol–water partition coefficient (Wildman–Crippen LogP) is 4.02. The van der Waals surface area contributed by atoms with E-state index in [-0.39, 0.29) is 6.04 Å². The van der Waals surface area contributed by atoms with E-state index in [2.05, 4.69) is 17.2 Å². The number of halogens is 4. The Balaban J connectivity index is 2.19. The van der Waals surface area contributed by atoms with E-state index in [0.29, 0.717) is 5.92 Å². The van der Waals surface area contributed by atoms with Gasteiger partial charge in [-0.3, -0.25) is 0 Å². The second-order valence-corrected chi connectivity index (χ2v) is 4.98. The number of rotatable bonds is 3. The highest BCUT2D eigenvalue weighted by molar-refractivity contribution is 5.46. The van der Waals surface area contributed by atoms with Gasteiger partial charge in [0.1, 0.15) is 5.69 Å². The van der Waals surface area contributed by atoms with Crippen molar-refractivity contribution in [1.29, 1.82) is 0 Å². The van der Waals surface area contributed by atoms with E-state index in [9.17, 15) is 17.6 Å². The summed E-state index contributed by atoms with van der Waals surface area (Å²) in [5.41, 5.74) is -0.744. The molecule has 2 atom stereocenters. The van der Waals surface area contributed by atoms with E-state index in [1.165, 1.54) is 0 Å². The zero-order chi connectivity index (χ0) is 14.0. The summed E-state index contributed by atoms with van der Waals surface area (Å²) in [5, 5.41) is 2.59. The van der Waals surface area contributed by atoms with Crippen LogP contribution in [0.5, 0.6) is 0 Å². The van der Waals surface area contributed by atoms with E-state index in [1.54, 1.807) is 0 Å². The van der Waals surface area contributed by atoms with Gasteiger partial charge >= 0.3 is 0 Å². The standard InChI is InChI=1S/C13H16F4N2/c1-2-7-4-3-5-8(6-7)18-11-9(14)12(16)19-13(17)10(11)15/h7-8H,2-6H2,1H3,(H,18,19). The molecule has 0 spiro atoms. The molecule has 0 aliphatic heterocycles. The first kappa shape index (κ1) is 14.1. The minimum Gasteiger partial charge on any atom is -0.377 e. The molecule has 19 heavy (non-hydrogen) atoms. The van der Waals surface area contributed by atoms with E-state index in [4.69, 9.17) is 0 Å². The second kappa shape index (κ2) is 5.75. The first-order chi connectivity index (χ1) is 9.02. The molecule has 1 aromatic heterocycles. The minimum atomic E-state index is -1.62. The van der Waals surface area contributed by atoms with Crippen LogP contribution in [0.25, 0.3) is 0 Å². The predicted molar refractivity (Wildman–Crippen MR) is 63.7 cm³/mol. The van der Waals surface area contributed by atoms with Crippen LogP contribution in [0.4, 0.5) is 23.2 Å². The van der Waals surface area contributed by atoms with Crippen LogP contribution in [0.15, 0.2) is 0 Å². The molecule has 6 heteroatoms. The molecule has 2 unspecified atom stereocenters. The van der Waals surface area contributed by atoms with E-state index in [0.717, 1.165) is 32.1 Å². The van der Waals surface area contributed by atoms with Crippen molar-refractivity contribution in [2.75, 3.05) is 5.32 Å². The van der Waals surface area contributed by atoms with Crippen LogP contribution in [-0.2, 0) is 0 Å². The van der Waals surface area contributed by atoms with Crippen LogP contribution in [0.1, 0.15) is 39.0 Å². The number of pyridine rings is 1. The van der Waals surface area contributed by atoms with Crippen molar-refractivity contribution < 1.29 is 17.6 Å². The van der Waals surface area contributed by atoms with Crippen molar-refractivity contribution in [2.24, 2.45) is 5.92 Å². The van der Waals surface area contributed by atoms with Gasteiger partial charge in [0, 0.05) is 6.04 Å². The van der Waals surface area contributed by atoms with Gasteiger partial charge in [-0.25, -0.2) is 0 Å². The Morgan fingerprint density at radius 3 is 2.32 bits per heavy atom. The molecule has 1 saturated carbocycles. The summed E-state index contributed by atoms with van der Waals surface area (Å²) in [6.45, 7) is 2.06.